The third kappa shape index (κ3) is 3.38. The van der Waals surface area contributed by atoms with Crippen molar-refractivity contribution < 1.29 is 9.59 Å². The number of hydrogen-bond acceptors (Lipinski definition) is 5. The van der Waals surface area contributed by atoms with Gasteiger partial charge in [0.05, 0.1) is 5.69 Å². The summed E-state index contributed by atoms with van der Waals surface area (Å²) < 4.78 is 3.75. The standard InChI is InChI=1S/C18H15N3O2S/c1-11-3-5-13(6-4-11)16(22)14-7-9-15(10-8-14)19-18(23)17-12(2)20-21-24-17/h3-10H,1-2H3,(H,19,23). The Hall–Kier alpha value is -2.86. The molecule has 1 N–H and O–H groups in total. The van der Waals surface area contributed by atoms with Crippen molar-refractivity contribution in [3.05, 3.63) is 75.8 Å². The minimum Gasteiger partial charge on any atom is -0.321 e. The average Bonchev–Trinajstić information content (AvgIpc) is 3.02. The molecule has 1 aromatic heterocycles. The van der Waals surface area contributed by atoms with Gasteiger partial charge in [0.2, 0.25) is 0 Å². The molecule has 3 rings (SSSR count). The molecule has 120 valence electrons. The molecule has 1 amide bonds. The summed E-state index contributed by atoms with van der Waals surface area (Å²) in [6, 6.07) is 14.3. The molecule has 0 atom stereocenters. The number of aryl methyl sites for hydroxylation is 2. The number of anilines is 1. The zero-order valence-corrected chi connectivity index (χ0v) is 14.1. The first-order valence-corrected chi connectivity index (χ1v) is 8.13. The Morgan fingerprint density at radius 3 is 2.04 bits per heavy atom. The summed E-state index contributed by atoms with van der Waals surface area (Å²) in [5, 5.41) is 6.60. The summed E-state index contributed by atoms with van der Waals surface area (Å²) in [5.41, 5.74) is 3.55. The molecule has 0 bridgehead atoms. The van der Waals surface area contributed by atoms with E-state index in [0.717, 1.165) is 17.1 Å². The Kier molecular flexibility index (Phi) is 4.48. The van der Waals surface area contributed by atoms with Gasteiger partial charge in [0.1, 0.15) is 4.88 Å². The third-order valence-corrected chi connectivity index (χ3v) is 4.40. The first kappa shape index (κ1) is 16.0. The lowest BCUT2D eigenvalue weighted by molar-refractivity contribution is 0.102. The van der Waals surface area contributed by atoms with Crippen LogP contribution in [0.1, 0.15) is 36.9 Å². The van der Waals surface area contributed by atoms with E-state index < -0.39 is 0 Å². The topological polar surface area (TPSA) is 72.0 Å². The summed E-state index contributed by atoms with van der Waals surface area (Å²) in [4.78, 5) is 25.0. The summed E-state index contributed by atoms with van der Waals surface area (Å²) in [5.74, 6) is -0.296. The van der Waals surface area contributed by atoms with Crippen molar-refractivity contribution in [2.75, 3.05) is 5.32 Å². The van der Waals surface area contributed by atoms with E-state index in [4.69, 9.17) is 0 Å². The fourth-order valence-corrected chi connectivity index (χ4v) is 2.76. The predicted octanol–water partition coefficient (Wildman–Crippen LogP) is 3.64. The number of amides is 1. The lowest BCUT2D eigenvalue weighted by Gasteiger charge is -2.06. The molecule has 0 fully saturated rings. The molecule has 0 unspecified atom stereocenters. The van der Waals surface area contributed by atoms with E-state index in [1.165, 1.54) is 0 Å². The quantitative estimate of drug-likeness (QED) is 0.738. The normalized spacial score (nSPS) is 10.4. The second-order valence-electron chi connectivity index (χ2n) is 5.41. The van der Waals surface area contributed by atoms with Crippen molar-refractivity contribution in [1.29, 1.82) is 0 Å². The molecule has 0 radical (unpaired) electrons. The van der Waals surface area contributed by atoms with Crippen LogP contribution in [0.25, 0.3) is 0 Å². The molecule has 0 spiro atoms. The van der Waals surface area contributed by atoms with E-state index in [1.54, 1.807) is 31.2 Å². The van der Waals surface area contributed by atoms with Crippen molar-refractivity contribution in [3.63, 3.8) is 0 Å². The number of rotatable bonds is 4. The molecule has 24 heavy (non-hydrogen) atoms. The first-order chi connectivity index (χ1) is 11.5. The third-order valence-electron chi connectivity index (χ3n) is 3.58. The highest BCUT2D eigenvalue weighted by Gasteiger charge is 2.14. The number of nitrogens with one attached hydrogen (secondary N) is 1. The van der Waals surface area contributed by atoms with E-state index in [0.29, 0.717) is 27.4 Å². The molecule has 2 aromatic carbocycles. The summed E-state index contributed by atoms with van der Waals surface area (Å²) in [7, 11) is 0. The van der Waals surface area contributed by atoms with Crippen molar-refractivity contribution in [2.24, 2.45) is 0 Å². The van der Waals surface area contributed by atoms with Gasteiger partial charge in [-0.05, 0) is 49.6 Å². The second-order valence-corrected chi connectivity index (χ2v) is 6.17. The maximum atomic E-state index is 12.4. The molecule has 1 heterocycles. The predicted molar refractivity (Wildman–Crippen MR) is 93.7 cm³/mol. The largest absolute Gasteiger partial charge is 0.321 e. The number of carbonyl (C=O) groups is 2. The Morgan fingerprint density at radius 2 is 1.50 bits per heavy atom. The molecule has 0 aliphatic rings. The number of nitrogens with zero attached hydrogens (tertiary/aromatic N) is 2. The van der Waals surface area contributed by atoms with Crippen LogP contribution in [0.2, 0.25) is 0 Å². The van der Waals surface area contributed by atoms with Gasteiger partial charge in [-0.1, -0.05) is 34.3 Å². The SMILES string of the molecule is Cc1ccc(C(=O)c2ccc(NC(=O)c3snnc3C)cc2)cc1. The second kappa shape index (κ2) is 6.72. The van der Waals surface area contributed by atoms with Gasteiger partial charge in [-0.2, -0.15) is 0 Å². The zero-order valence-electron chi connectivity index (χ0n) is 13.2. The van der Waals surface area contributed by atoms with E-state index in [2.05, 4.69) is 14.9 Å². The number of benzene rings is 2. The van der Waals surface area contributed by atoms with Crippen molar-refractivity contribution in [2.45, 2.75) is 13.8 Å². The van der Waals surface area contributed by atoms with Crippen LogP contribution < -0.4 is 5.32 Å². The molecule has 0 aliphatic heterocycles. The molecule has 6 heteroatoms. The number of aromatic nitrogens is 2. The van der Waals surface area contributed by atoms with Crippen LogP contribution in [0.15, 0.2) is 48.5 Å². The Labute approximate surface area is 143 Å². The van der Waals surface area contributed by atoms with E-state index in [1.807, 2.05) is 31.2 Å². The Morgan fingerprint density at radius 1 is 0.917 bits per heavy atom. The highest BCUT2D eigenvalue weighted by molar-refractivity contribution is 7.08. The first-order valence-electron chi connectivity index (χ1n) is 7.36. The number of ketones is 1. The van der Waals surface area contributed by atoms with Gasteiger partial charge in [-0.3, -0.25) is 9.59 Å². The van der Waals surface area contributed by atoms with Gasteiger partial charge in [0.25, 0.3) is 5.91 Å². The van der Waals surface area contributed by atoms with Crippen LogP contribution in [0.3, 0.4) is 0 Å². The number of hydrogen-bond donors (Lipinski definition) is 1. The summed E-state index contributed by atoms with van der Waals surface area (Å²) in [6.45, 7) is 3.72. The molecule has 0 saturated heterocycles. The number of carbonyl (C=O) groups excluding carboxylic acids is 2. The smallest absolute Gasteiger partial charge is 0.269 e. The fourth-order valence-electron chi connectivity index (χ4n) is 2.20. The van der Waals surface area contributed by atoms with Gasteiger partial charge >= 0.3 is 0 Å². The minimum atomic E-state index is -0.250. The molecule has 0 saturated carbocycles. The Bertz CT molecular complexity index is 883. The molecule has 0 aliphatic carbocycles. The molecule has 3 aromatic rings. The van der Waals surface area contributed by atoms with Gasteiger partial charge in [0.15, 0.2) is 5.78 Å². The van der Waals surface area contributed by atoms with E-state index in [9.17, 15) is 9.59 Å². The van der Waals surface area contributed by atoms with Gasteiger partial charge < -0.3 is 5.32 Å². The summed E-state index contributed by atoms with van der Waals surface area (Å²) in [6.07, 6.45) is 0. The summed E-state index contributed by atoms with van der Waals surface area (Å²) >= 11 is 1.06. The average molecular weight is 337 g/mol. The van der Waals surface area contributed by atoms with Crippen LogP contribution >= 0.6 is 11.5 Å². The molecular formula is C18H15N3O2S. The van der Waals surface area contributed by atoms with Crippen LogP contribution in [-0.2, 0) is 0 Å². The van der Waals surface area contributed by atoms with Crippen LogP contribution in [0.4, 0.5) is 5.69 Å². The highest BCUT2D eigenvalue weighted by atomic mass is 32.1. The van der Waals surface area contributed by atoms with E-state index >= 15 is 0 Å². The van der Waals surface area contributed by atoms with Crippen molar-refractivity contribution in [1.82, 2.24) is 9.59 Å². The zero-order chi connectivity index (χ0) is 17.1. The van der Waals surface area contributed by atoms with Crippen molar-refractivity contribution >= 4 is 28.9 Å². The lowest BCUT2D eigenvalue weighted by Crippen LogP contribution is -2.11. The minimum absolute atomic E-state index is 0.0459. The lowest BCUT2D eigenvalue weighted by atomic mass is 10.0. The maximum Gasteiger partial charge on any atom is 0.269 e. The van der Waals surface area contributed by atoms with Gasteiger partial charge in [0, 0.05) is 16.8 Å². The van der Waals surface area contributed by atoms with Crippen LogP contribution in [0, 0.1) is 13.8 Å². The Balaban J connectivity index is 1.73. The van der Waals surface area contributed by atoms with Crippen LogP contribution in [0.5, 0.6) is 0 Å². The molecule has 5 nitrogen and oxygen atoms in total. The monoisotopic (exact) mass is 337 g/mol. The fraction of sp³-hybridized carbons (Fsp3) is 0.111. The highest BCUT2D eigenvalue weighted by Crippen LogP contribution is 2.17. The van der Waals surface area contributed by atoms with Gasteiger partial charge in [-0.25, -0.2) is 0 Å². The van der Waals surface area contributed by atoms with Crippen LogP contribution in [-0.4, -0.2) is 21.3 Å². The molecular weight excluding hydrogens is 322 g/mol. The van der Waals surface area contributed by atoms with Gasteiger partial charge in [-0.15, -0.1) is 5.10 Å². The van der Waals surface area contributed by atoms with Crippen molar-refractivity contribution in [3.8, 4) is 0 Å². The maximum absolute atomic E-state index is 12.4. The van der Waals surface area contributed by atoms with E-state index in [-0.39, 0.29) is 11.7 Å².